The predicted octanol–water partition coefficient (Wildman–Crippen LogP) is 0.111. The Morgan fingerprint density at radius 3 is 3.14 bits per heavy atom. The largest absolute Gasteiger partial charge is 0.410 e. The first kappa shape index (κ1) is 9.07. The van der Waals surface area contributed by atoms with E-state index in [0.717, 1.165) is 25.9 Å². The minimum absolute atomic E-state index is 0.150. The van der Waals surface area contributed by atoms with Crippen LogP contribution in [0.2, 0.25) is 0 Å². The lowest BCUT2D eigenvalue weighted by molar-refractivity contribution is -0.389. The van der Waals surface area contributed by atoms with Crippen LogP contribution in [0.5, 0.6) is 0 Å². The predicted molar refractivity (Wildman–Crippen MR) is 47.8 cm³/mol. The lowest BCUT2D eigenvalue weighted by Gasteiger charge is -2.19. The van der Waals surface area contributed by atoms with E-state index in [4.69, 9.17) is 0 Å². The van der Waals surface area contributed by atoms with Gasteiger partial charge in [0.15, 0.2) is 6.20 Å². The Morgan fingerprint density at radius 1 is 1.71 bits per heavy atom. The monoisotopic (exact) mass is 197 g/mol. The molecule has 0 aliphatic carbocycles. The number of hydrogen-bond acceptors (Lipinski definition) is 5. The third-order valence-corrected chi connectivity index (χ3v) is 2.28. The van der Waals surface area contributed by atoms with E-state index >= 15 is 0 Å². The topological polar surface area (TPSA) is 85.9 Å². The van der Waals surface area contributed by atoms with Crippen LogP contribution in [0.25, 0.3) is 0 Å². The molecular formula is C7H11N5O2. The van der Waals surface area contributed by atoms with E-state index in [1.54, 1.807) is 0 Å². The minimum Gasteiger partial charge on any atom is -0.358 e. The van der Waals surface area contributed by atoms with E-state index < -0.39 is 4.92 Å². The third kappa shape index (κ3) is 1.72. The first-order valence-electron chi connectivity index (χ1n) is 4.54. The van der Waals surface area contributed by atoms with Crippen molar-refractivity contribution in [3.8, 4) is 0 Å². The number of nitrogens with zero attached hydrogens (tertiary/aromatic N) is 4. The van der Waals surface area contributed by atoms with Crippen LogP contribution < -0.4 is 5.32 Å². The Hall–Kier alpha value is -1.50. The normalized spacial score (nSPS) is 22.1. The van der Waals surface area contributed by atoms with Gasteiger partial charge in [-0.2, -0.15) is 0 Å². The summed E-state index contributed by atoms with van der Waals surface area (Å²) in [6.07, 6.45) is 3.22. The average molecular weight is 197 g/mol. The van der Waals surface area contributed by atoms with Crippen LogP contribution in [0.4, 0.5) is 5.82 Å². The molecule has 1 aromatic heterocycles. The second kappa shape index (κ2) is 3.70. The molecule has 1 N–H and O–H groups in total. The summed E-state index contributed by atoms with van der Waals surface area (Å²) in [6.45, 7) is 1.78. The van der Waals surface area contributed by atoms with Crippen molar-refractivity contribution in [2.75, 3.05) is 13.1 Å². The van der Waals surface area contributed by atoms with Gasteiger partial charge in [-0.1, -0.05) is 4.80 Å². The van der Waals surface area contributed by atoms with Gasteiger partial charge in [-0.3, -0.25) is 0 Å². The zero-order chi connectivity index (χ0) is 9.97. The smallest absolute Gasteiger partial charge is 0.358 e. The molecule has 0 saturated carbocycles. The molecule has 1 saturated heterocycles. The van der Waals surface area contributed by atoms with Crippen LogP contribution in [-0.4, -0.2) is 33.0 Å². The lowest BCUT2D eigenvalue weighted by Crippen LogP contribution is -2.32. The fourth-order valence-electron chi connectivity index (χ4n) is 1.56. The van der Waals surface area contributed by atoms with Crippen LogP contribution in [0.1, 0.15) is 18.9 Å². The van der Waals surface area contributed by atoms with E-state index in [9.17, 15) is 10.1 Å². The maximum Gasteiger partial charge on any atom is 0.410 e. The number of aromatic nitrogens is 3. The van der Waals surface area contributed by atoms with E-state index in [1.165, 1.54) is 11.0 Å². The number of piperidine rings is 1. The van der Waals surface area contributed by atoms with Crippen molar-refractivity contribution in [2.24, 2.45) is 0 Å². The van der Waals surface area contributed by atoms with Crippen molar-refractivity contribution in [1.82, 2.24) is 20.3 Å². The first-order chi connectivity index (χ1) is 6.77. The van der Waals surface area contributed by atoms with Gasteiger partial charge in [0, 0.05) is 6.54 Å². The van der Waals surface area contributed by atoms with E-state index in [-0.39, 0.29) is 11.9 Å². The molecule has 0 radical (unpaired) electrons. The van der Waals surface area contributed by atoms with Gasteiger partial charge < -0.3 is 15.4 Å². The molecule has 1 aliphatic heterocycles. The summed E-state index contributed by atoms with van der Waals surface area (Å²) in [6, 6.07) is 0.150. The second-order valence-electron chi connectivity index (χ2n) is 3.28. The molecule has 1 unspecified atom stereocenters. The van der Waals surface area contributed by atoms with Gasteiger partial charge in [0.2, 0.25) is 0 Å². The van der Waals surface area contributed by atoms with Gasteiger partial charge >= 0.3 is 5.82 Å². The number of hydrogen-bond donors (Lipinski definition) is 1. The van der Waals surface area contributed by atoms with Crippen LogP contribution in [-0.2, 0) is 0 Å². The Morgan fingerprint density at radius 2 is 2.57 bits per heavy atom. The molecule has 1 fully saturated rings. The highest BCUT2D eigenvalue weighted by Crippen LogP contribution is 2.15. The maximum atomic E-state index is 10.4. The van der Waals surface area contributed by atoms with E-state index in [0.29, 0.717) is 0 Å². The quantitative estimate of drug-likeness (QED) is 0.537. The standard InChI is InChI=1S/C7H11N5O2/c13-12(14)7-5-9-11(10-7)6-2-1-3-8-4-6/h5-6,8H,1-4H2. The van der Waals surface area contributed by atoms with Crippen molar-refractivity contribution in [3.63, 3.8) is 0 Å². The molecule has 2 heterocycles. The Labute approximate surface area is 80.2 Å². The Bertz CT molecular complexity index is 331. The molecule has 14 heavy (non-hydrogen) atoms. The molecule has 1 atom stereocenters. The van der Waals surface area contributed by atoms with Gasteiger partial charge in [0.1, 0.15) is 6.04 Å². The van der Waals surface area contributed by atoms with Crippen molar-refractivity contribution in [1.29, 1.82) is 0 Å². The fourth-order valence-corrected chi connectivity index (χ4v) is 1.56. The van der Waals surface area contributed by atoms with Crippen molar-refractivity contribution in [2.45, 2.75) is 18.9 Å². The van der Waals surface area contributed by atoms with Crippen molar-refractivity contribution < 1.29 is 4.92 Å². The molecule has 76 valence electrons. The summed E-state index contributed by atoms with van der Waals surface area (Å²) in [4.78, 5) is 11.3. The molecular weight excluding hydrogens is 186 g/mol. The zero-order valence-corrected chi connectivity index (χ0v) is 7.59. The molecule has 1 aliphatic rings. The molecule has 0 bridgehead atoms. The van der Waals surface area contributed by atoms with Crippen molar-refractivity contribution >= 4 is 5.82 Å². The number of rotatable bonds is 2. The van der Waals surface area contributed by atoms with Crippen LogP contribution in [0, 0.1) is 10.1 Å². The van der Waals surface area contributed by atoms with E-state index in [2.05, 4.69) is 15.5 Å². The summed E-state index contributed by atoms with van der Waals surface area (Å²) in [5.74, 6) is -0.185. The molecule has 7 heteroatoms. The molecule has 2 rings (SSSR count). The van der Waals surface area contributed by atoms with Gasteiger partial charge in [0.25, 0.3) is 0 Å². The summed E-state index contributed by atoms with van der Waals surface area (Å²) in [5.41, 5.74) is 0. The average Bonchev–Trinajstić information content (AvgIpc) is 2.68. The number of nitrogens with one attached hydrogen (secondary N) is 1. The van der Waals surface area contributed by atoms with E-state index in [1.807, 2.05) is 0 Å². The van der Waals surface area contributed by atoms with Crippen LogP contribution >= 0.6 is 0 Å². The fraction of sp³-hybridized carbons (Fsp3) is 0.714. The molecule has 7 nitrogen and oxygen atoms in total. The lowest BCUT2D eigenvalue weighted by atomic mass is 10.1. The molecule has 0 spiro atoms. The highest BCUT2D eigenvalue weighted by Gasteiger charge is 2.22. The van der Waals surface area contributed by atoms with Gasteiger partial charge in [-0.15, -0.1) is 5.10 Å². The summed E-state index contributed by atoms with van der Waals surface area (Å²) in [7, 11) is 0. The van der Waals surface area contributed by atoms with Crippen molar-refractivity contribution in [3.05, 3.63) is 16.3 Å². The summed E-state index contributed by atoms with van der Waals surface area (Å²) < 4.78 is 0. The third-order valence-electron chi connectivity index (χ3n) is 2.28. The molecule has 1 aromatic rings. The highest BCUT2D eigenvalue weighted by molar-refractivity contribution is 5.08. The minimum atomic E-state index is -0.528. The van der Waals surface area contributed by atoms with Gasteiger partial charge in [0.05, 0.1) is 5.10 Å². The summed E-state index contributed by atoms with van der Waals surface area (Å²) in [5, 5.41) is 21.3. The van der Waals surface area contributed by atoms with Gasteiger partial charge in [-0.25, -0.2) is 0 Å². The Kier molecular flexibility index (Phi) is 2.40. The second-order valence-corrected chi connectivity index (χ2v) is 3.28. The molecule has 0 aromatic carbocycles. The molecule has 0 amide bonds. The van der Waals surface area contributed by atoms with Gasteiger partial charge in [-0.05, 0) is 24.3 Å². The van der Waals surface area contributed by atoms with Crippen LogP contribution in [0.3, 0.4) is 0 Å². The number of nitro groups is 1. The summed E-state index contributed by atoms with van der Waals surface area (Å²) >= 11 is 0. The highest BCUT2D eigenvalue weighted by atomic mass is 16.6. The zero-order valence-electron chi connectivity index (χ0n) is 7.59. The van der Waals surface area contributed by atoms with Crippen LogP contribution in [0.15, 0.2) is 6.20 Å². The first-order valence-corrected chi connectivity index (χ1v) is 4.54. The Balaban J connectivity index is 2.11. The SMILES string of the molecule is O=[N+]([O-])c1cnn(C2CCCNC2)n1. The maximum absolute atomic E-state index is 10.4.